The van der Waals surface area contributed by atoms with Gasteiger partial charge in [0.2, 0.25) is 0 Å². The highest BCUT2D eigenvalue weighted by Gasteiger charge is 2.49. The van der Waals surface area contributed by atoms with Crippen molar-refractivity contribution in [3.05, 3.63) is 23.3 Å². The molecule has 1 aromatic carbocycles. The Morgan fingerprint density at radius 3 is 2.50 bits per heavy atom. The smallest absolute Gasteiger partial charge is 0.339 e. The Labute approximate surface area is 105 Å². The van der Waals surface area contributed by atoms with Crippen LogP contribution >= 0.6 is 0 Å². The summed E-state index contributed by atoms with van der Waals surface area (Å²) in [5.41, 5.74) is 6.43. The summed E-state index contributed by atoms with van der Waals surface area (Å²) in [6.07, 6.45) is 1.82. The molecular formula is C13H17NO4. The van der Waals surface area contributed by atoms with Crippen molar-refractivity contribution in [3.8, 4) is 11.5 Å². The predicted molar refractivity (Wildman–Crippen MR) is 66.2 cm³/mol. The first-order chi connectivity index (χ1) is 8.42. The molecule has 5 heteroatoms. The summed E-state index contributed by atoms with van der Waals surface area (Å²) < 4.78 is 5.23. The summed E-state index contributed by atoms with van der Waals surface area (Å²) >= 11 is 0. The normalized spacial score (nSPS) is 18.2. The lowest BCUT2D eigenvalue weighted by Crippen LogP contribution is -2.32. The molecule has 18 heavy (non-hydrogen) atoms. The molecule has 0 bridgehead atoms. The number of carboxylic acid groups (broad SMARTS) is 1. The molecular weight excluding hydrogens is 234 g/mol. The maximum Gasteiger partial charge on any atom is 0.339 e. The fourth-order valence-corrected chi connectivity index (χ4v) is 2.40. The van der Waals surface area contributed by atoms with Crippen LogP contribution in [-0.2, 0) is 5.41 Å². The van der Waals surface area contributed by atoms with E-state index in [1.54, 1.807) is 0 Å². The summed E-state index contributed by atoms with van der Waals surface area (Å²) in [6, 6.07) is 2.74. The van der Waals surface area contributed by atoms with E-state index in [2.05, 4.69) is 0 Å². The summed E-state index contributed by atoms with van der Waals surface area (Å²) in [5, 5.41) is 18.7. The van der Waals surface area contributed by atoms with Gasteiger partial charge in [-0.1, -0.05) is 0 Å². The molecule has 0 saturated heterocycles. The van der Waals surface area contributed by atoms with Crippen molar-refractivity contribution in [2.75, 3.05) is 7.11 Å². The van der Waals surface area contributed by atoms with Crippen LogP contribution in [0.15, 0.2) is 12.1 Å². The van der Waals surface area contributed by atoms with Gasteiger partial charge < -0.3 is 20.7 Å². The number of methoxy groups -OCH3 is 1. The largest absolute Gasteiger partial charge is 0.507 e. The van der Waals surface area contributed by atoms with Crippen LogP contribution in [-0.4, -0.2) is 29.3 Å². The van der Waals surface area contributed by atoms with Crippen molar-refractivity contribution in [1.82, 2.24) is 0 Å². The number of rotatable bonds is 4. The van der Waals surface area contributed by atoms with Crippen LogP contribution in [0.2, 0.25) is 0 Å². The van der Waals surface area contributed by atoms with E-state index >= 15 is 0 Å². The zero-order chi connectivity index (χ0) is 13.5. The van der Waals surface area contributed by atoms with Crippen molar-refractivity contribution < 1.29 is 19.7 Å². The number of hydrogen-bond donors (Lipinski definition) is 3. The molecule has 5 nitrogen and oxygen atoms in total. The third-order valence-electron chi connectivity index (χ3n) is 3.74. The van der Waals surface area contributed by atoms with Crippen molar-refractivity contribution in [2.24, 2.45) is 5.73 Å². The minimum Gasteiger partial charge on any atom is -0.507 e. The van der Waals surface area contributed by atoms with E-state index in [4.69, 9.17) is 15.6 Å². The number of benzene rings is 1. The second kappa shape index (κ2) is 4.17. The Hall–Kier alpha value is -1.75. The summed E-state index contributed by atoms with van der Waals surface area (Å²) in [5.74, 6) is -0.951. The summed E-state index contributed by atoms with van der Waals surface area (Å²) in [6.45, 7) is 1.90. The number of hydrogen-bond acceptors (Lipinski definition) is 4. The van der Waals surface area contributed by atoms with E-state index in [1.807, 2.05) is 6.92 Å². The minimum absolute atomic E-state index is 0.0856. The van der Waals surface area contributed by atoms with Crippen LogP contribution in [0.5, 0.6) is 11.5 Å². The molecule has 1 aliphatic rings. The second-order valence-corrected chi connectivity index (χ2v) is 4.82. The maximum atomic E-state index is 11.1. The standard InChI is InChI=1S/C13H17NO4/c1-7(14)13(3-4-13)9-5-8(12(16)17)10(15)6-11(9)18-2/h5-7,15H,3-4,14H2,1-2H3,(H,16,17). The van der Waals surface area contributed by atoms with Crippen molar-refractivity contribution >= 4 is 5.97 Å². The highest BCUT2D eigenvalue weighted by atomic mass is 16.5. The van der Waals surface area contributed by atoms with Gasteiger partial charge in [-0.2, -0.15) is 0 Å². The Bertz CT molecular complexity index is 492. The molecule has 1 aromatic rings. The van der Waals surface area contributed by atoms with Gasteiger partial charge in [-0.25, -0.2) is 4.79 Å². The molecule has 0 heterocycles. The molecule has 1 fully saturated rings. The summed E-state index contributed by atoms with van der Waals surface area (Å²) in [4.78, 5) is 11.1. The molecule has 0 radical (unpaired) electrons. The molecule has 0 aliphatic heterocycles. The molecule has 1 aliphatic carbocycles. The molecule has 0 aromatic heterocycles. The van der Waals surface area contributed by atoms with Crippen molar-refractivity contribution in [2.45, 2.75) is 31.2 Å². The highest BCUT2D eigenvalue weighted by Crippen LogP contribution is 2.54. The number of nitrogens with two attached hydrogens (primary N) is 1. The Morgan fingerprint density at radius 1 is 1.50 bits per heavy atom. The topological polar surface area (TPSA) is 92.8 Å². The quantitative estimate of drug-likeness (QED) is 0.753. The lowest BCUT2D eigenvalue weighted by molar-refractivity contribution is 0.0693. The van der Waals surface area contributed by atoms with E-state index < -0.39 is 5.97 Å². The van der Waals surface area contributed by atoms with E-state index in [-0.39, 0.29) is 22.8 Å². The van der Waals surface area contributed by atoms with Crippen LogP contribution in [0, 0.1) is 0 Å². The molecule has 1 unspecified atom stereocenters. The van der Waals surface area contributed by atoms with Crippen LogP contribution in [0.4, 0.5) is 0 Å². The minimum atomic E-state index is -1.16. The van der Waals surface area contributed by atoms with Gasteiger partial charge >= 0.3 is 5.97 Å². The second-order valence-electron chi connectivity index (χ2n) is 4.82. The average molecular weight is 251 g/mol. The predicted octanol–water partition coefficient (Wildman–Crippen LogP) is 1.48. The first kappa shape index (κ1) is 12.7. The number of aromatic hydroxyl groups is 1. The molecule has 98 valence electrons. The zero-order valence-corrected chi connectivity index (χ0v) is 10.4. The van der Waals surface area contributed by atoms with Crippen LogP contribution < -0.4 is 10.5 Å². The van der Waals surface area contributed by atoms with Gasteiger partial charge in [0.25, 0.3) is 0 Å². The molecule has 0 spiro atoms. The van der Waals surface area contributed by atoms with E-state index in [0.717, 1.165) is 18.4 Å². The van der Waals surface area contributed by atoms with Gasteiger partial charge in [0.1, 0.15) is 17.1 Å². The molecule has 4 N–H and O–H groups in total. The monoisotopic (exact) mass is 251 g/mol. The number of aromatic carboxylic acids is 1. The number of phenols is 1. The number of carbonyl (C=O) groups is 1. The zero-order valence-electron chi connectivity index (χ0n) is 10.4. The first-order valence-electron chi connectivity index (χ1n) is 5.82. The lowest BCUT2D eigenvalue weighted by atomic mass is 9.87. The van der Waals surface area contributed by atoms with Crippen molar-refractivity contribution in [3.63, 3.8) is 0 Å². The molecule has 0 amide bonds. The first-order valence-corrected chi connectivity index (χ1v) is 5.82. The van der Waals surface area contributed by atoms with Gasteiger partial charge in [-0.05, 0) is 25.8 Å². The van der Waals surface area contributed by atoms with E-state index in [0.29, 0.717) is 5.75 Å². The van der Waals surface area contributed by atoms with E-state index in [1.165, 1.54) is 19.2 Å². The Kier molecular flexibility index (Phi) is 2.94. The molecule has 1 saturated carbocycles. The van der Waals surface area contributed by atoms with Gasteiger partial charge in [0.05, 0.1) is 7.11 Å². The van der Waals surface area contributed by atoms with Crippen LogP contribution in [0.25, 0.3) is 0 Å². The maximum absolute atomic E-state index is 11.1. The molecule has 1 atom stereocenters. The highest BCUT2D eigenvalue weighted by molar-refractivity contribution is 5.91. The number of carboxylic acids is 1. The third kappa shape index (κ3) is 1.80. The third-order valence-corrected chi connectivity index (χ3v) is 3.74. The van der Waals surface area contributed by atoms with E-state index in [9.17, 15) is 9.90 Å². The van der Waals surface area contributed by atoms with Gasteiger partial charge in [0.15, 0.2) is 0 Å². The number of ether oxygens (including phenoxy) is 1. The van der Waals surface area contributed by atoms with Gasteiger partial charge in [-0.3, -0.25) is 0 Å². The fourth-order valence-electron chi connectivity index (χ4n) is 2.40. The van der Waals surface area contributed by atoms with Crippen LogP contribution in [0.1, 0.15) is 35.7 Å². The lowest BCUT2D eigenvalue weighted by Gasteiger charge is -2.23. The van der Waals surface area contributed by atoms with Crippen molar-refractivity contribution in [1.29, 1.82) is 0 Å². The van der Waals surface area contributed by atoms with Gasteiger partial charge in [-0.15, -0.1) is 0 Å². The van der Waals surface area contributed by atoms with Crippen LogP contribution in [0.3, 0.4) is 0 Å². The Morgan fingerprint density at radius 2 is 2.11 bits per heavy atom. The van der Waals surface area contributed by atoms with Gasteiger partial charge in [0, 0.05) is 23.1 Å². The SMILES string of the molecule is COc1cc(O)c(C(=O)O)cc1C1(C(C)N)CC1. The fraction of sp³-hybridized carbons (Fsp3) is 0.462. The average Bonchev–Trinajstić information content (AvgIpc) is 3.09. The Balaban J connectivity index is 2.59. The molecule has 2 rings (SSSR count). The summed E-state index contributed by atoms with van der Waals surface area (Å²) in [7, 11) is 1.50.